The number of rotatable bonds is 9. The number of aliphatic hydroxyl groups excluding tert-OH is 1. The normalized spacial score (nSPS) is 35.0. The molecule has 1 aromatic carbocycles. The van der Waals surface area contributed by atoms with E-state index in [0.29, 0.717) is 6.42 Å². The number of aliphatic hydroxyl groups is 1. The third-order valence-corrected chi connectivity index (χ3v) is 8.34. The van der Waals surface area contributed by atoms with Gasteiger partial charge in [-0.15, -0.1) is 0 Å². The third kappa shape index (κ3) is 3.85. The summed E-state index contributed by atoms with van der Waals surface area (Å²) in [4.78, 5) is 42.8. The lowest BCUT2D eigenvalue weighted by atomic mass is 9.62. The zero-order valence-corrected chi connectivity index (χ0v) is 21.3. The van der Waals surface area contributed by atoms with Crippen molar-refractivity contribution in [1.82, 2.24) is 10.2 Å². The van der Waals surface area contributed by atoms with Gasteiger partial charge >= 0.3 is 5.97 Å². The number of nitrogens with one attached hydrogen (secondary N) is 1. The molecule has 0 saturated carbocycles. The molecule has 8 heteroatoms. The first-order chi connectivity index (χ1) is 16.7. The summed E-state index contributed by atoms with van der Waals surface area (Å²) in [6.45, 7) is 9.42. The Morgan fingerprint density at radius 1 is 1.29 bits per heavy atom. The van der Waals surface area contributed by atoms with E-state index in [9.17, 15) is 19.5 Å². The Balaban J connectivity index is 1.83. The second-order valence-electron chi connectivity index (χ2n) is 10.5. The topological polar surface area (TPSA) is 105 Å². The van der Waals surface area contributed by atoms with Gasteiger partial charge in [-0.1, -0.05) is 50.6 Å². The third-order valence-electron chi connectivity index (χ3n) is 8.34. The number of benzene rings is 1. The van der Waals surface area contributed by atoms with E-state index in [1.807, 2.05) is 58.0 Å². The predicted molar refractivity (Wildman–Crippen MR) is 129 cm³/mol. The largest absolute Gasteiger partial charge is 0.466 e. The van der Waals surface area contributed by atoms with Crippen LogP contribution in [0.4, 0.5) is 0 Å². The number of likely N-dealkylation sites (tertiary alicyclic amines) is 1. The Hall–Kier alpha value is -2.45. The summed E-state index contributed by atoms with van der Waals surface area (Å²) < 4.78 is 12.1. The number of carbonyl (C=O) groups excluding carboxylic acids is 3. The van der Waals surface area contributed by atoms with Gasteiger partial charge in [0.15, 0.2) is 0 Å². The number of amides is 2. The van der Waals surface area contributed by atoms with Crippen molar-refractivity contribution in [2.24, 2.45) is 17.8 Å². The van der Waals surface area contributed by atoms with Gasteiger partial charge in [-0.25, -0.2) is 0 Å². The highest BCUT2D eigenvalue weighted by Crippen LogP contribution is 2.66. The zero-order chi connectivity index (χ0) is 25.5. The summed E-state index contributed by atoms with van der Waals surface area (Å²) in [5, 5.41) is 13.5. The van der Waals surface area contributed by atoms with E-state index in [1.165, 1.54) is 4.90 Å². The molecule has 3 aliphatic heterocycles. The van der Waals surface area contributed by atoms with Crippen molar-refractivity contribution in [1.29, 1.82) is 0 Å². The van der Waals surface area contributed by atoms with E-state index in [1.54, 1.807) is 6.92 Å². The molecule has 2 bridgehead atoms. The SMILES string of the molecule is CCCC(C)NC(=O)C1N([C@H](CO)c2ccccc2)C(=O)[C@@H]2[C@@H](C(=O)OCC)[C@]3(C)OC12CC3C. The number of hydrogen-bond acceptors (Lipinski definition) is 6. The van der Waals surface area contributed by atoms with Crippen LogP contribution in [-0.4, -0.2) is 64.3 Å². The van der Waals surface area contributed by atoms with Crippen LogP contribution in [0.25, 0.3) is 0 Å². The lowest BCUT2D eigenvalue weighted by molar-refractivity contribution is -0.162. The molecule has 8 atom stereocenters. The summed E-state index contributed by atoms with van der Waals surface area (Å²) in [6, 6.07) is 7.40. The van der Waals surface area contributed by atoms with E-state index in [0.717, 1.165) is 18.4 Å². The molecular weight excluding hydrogens is 448 g/mol. The molecule has 3 saturated heterocycles. The first kappa shape index (κ1) is 25.6. The number of ether oxygens (including phenoxy) is 2. The molecule has 1 spiro atoms. The van der Waals surface area contributed by atoms with Crippen LogP contribution in [0, 0.1) is 17.8 Å². The number of fused-ring (bicyclic) bond motifs is 1. The van der Waals surface area contributed by atoms with Crippen LogP contribution >= 0.6 is 0 Å². The molecule has 0 aromatic heterocycles. The summed E-state index contributed by atoms with van der Waals surface area (Å²) in [7, 11) is 0. The lowest BCUT2D eigenvalue weighted by Crippen LogP contribution is -2.57. The molecule has 35 heavy (non-hydrogen) atoms. The van der Waals surface area contributed by atoms with Crippen LogP contribution in [-0.2, 0) is 23.9 Å². The van der Waals surface area contributed by atoms with Crippen molar-refractivity contribution in [3.63, 3.8) is 0 Å². The highest BCUT2D eigenvalue weighted by atomic mass is 16.6. The van der Waals surface area contributed by atoms with Crippen molar-refractivity contribution in [2.45, 2.75) is 83.2 Å². The molecule has 2 N–H and O–H groups in total. The second-order valence-corrected chi connectivity index (χ2v) is 10.5. The Morgan fingerprint density at radius 2 is 1.97 bits per heavy atom. The number of carbonyl (C=O) groups is 3. The smallest absolute Gasteiger partial charge is 0.312 e. The Bertz CT molecular complexity index is 970. The van der Waals surface area contributed by atoms with Crippen molar-refractivity contribution >= 4 is 17.8 Å². The number of hydrogen-bond donors (Lipinski definition) is 2. The quantitative estimate of drug-likeness (QED) is 0.520. The summed E-state index contributed by atoms with van der Waals surface area (Å²) in [5.74, 6) is -2.85. The molecule has 4 unspecified atom stereocenters. The maximum atomic E-state index is 14.2. The van der Waals surface area contributed by atoms with E-state index in [-0.39, 0.29) is 37.0 Å². The molecule has 3 fully saturated rings. The lowest BCUT2D eigenvalue weighted by Gasteiger charge is -2.37. The highest BCUT2D eigenvalue weighted by Gasteiger charge is 2.80. The molecule has 8 nitrogen and oxygen atoms in total. The van der Waals surface area contributed by atoms with Crippen molar-refractivity contribution in [2.75, 3.05) is 13.2 Å². The second kappa shape index (κ2) is 9.54. The van der Waals surface area contributed by atoms with Crippen LogP contribution in [0.15, 0.2) is 30.3 Å². The summed E-state index contributed by atoms with van der Waals surface area (Å²) in [6.07, 6.45) is 2.17. The van der Waals surface area contributed by atoms with Gasteiger partial charge in [-0.2, -0.15) is 0 Å². The fourth-order valence-electron chi connectivity index (χ4n) is 6.76. The molecule has 0 radical (unpaired) electrons. The van der Waals surface area contributed by atoms with Crippen molar-refractivity contribution < 1.29 is 29.0 Å². The van der Waals surface area contributed by atoms with Crippen molar-refractivity contribution in [3.05, 3.63) is 35.9 Å². The van der Waals surface area contributed by atoms with Crippen LogP contribution in [0.1, 0.15) is 65.5 Å². The molecule has 0 aliphatic carbocycles. The van der Waals surface area contributed by atoms with Gasteiger partial charge in [0, 0.05) is 6.04 Å². The average Bonchev–Trinajstić information content (AvgIpc) is 3.32. The molecule has 192 valence electrons. The standard InChI is InChI=1S/C27H38N2O6/c1-6-11-17(4)28-23(31)22-27-14-16(3)26(5,35-27)21(25(33)34-7-2)20(27)24(32)29(22)19(15-30)18-12-9-8-10-13-18/h8-10,12-13,16-17,19-22,30H,6-7,11,14-15H2,1-5H3,(H,28,31)/t16?,17?,19-,20+,21+,22?,26-,27?/m1/s1. The van der Waals surface area contributed by atoms with Gasteiger partial charge in [0.25, 0.3) is 0 Å². The van der Waals surface area contributed by atoms with Gasteiger partial charge in [-0.05, 0) is 45.1 Å². The first-order valence-corrected chi connectivity index (χ1v) is 12.8. The highest BCUT2D eigenvalue weighted by molar-refractivity contribution is 5.99. The Labute approximate surface area is 207 Å². The van der Waals surface area contributed by atoms with Crippen molar-refractivity contribution in [3.8, 4) is 0 Å². The van der Waals surface area contributed by atoms with E-state index >= 15 is 0 Å². The van der Waals surface area contributed by atoms with Gasteiger partial charge < -0.3 is 24.8 Å². The van der Waals surface area contributed by atoms with Gasteiger partial charge in [0.2, 0.25) is 11.8 Å². The zero-order valence-electron chi connectivity index (χ0n) is 21.3. The number of esters is 1. The summed E-state index contributed by atoms with van der Waals surface area (Å²) >= 11 is 0. The first-order valence-electron chi connectivity index (χ1n) is 12.8. The molecule has 4 rings (SSSR count). The van der Waals surface area contributed by atoms with Crippen LogP contribution in [0.2, 0.25) is 0 Å². The predicted octanol–water partition coefficient (Wildman–Crippen LogP) is 2.60. The monoisotopic (exact) mass is 486 g/mol. The van der Waals surface area contributed by atoms with E-state index < -0.39 is 41.1 Å². The molecular formula is C27H38N2O6. The average molecular weight is 487 g/mol. The molecule has 3 aliphatic rings. The van der Waals surface area contributed by atoms with E-state index in [2.05, 4.69) is 5.32 Å². The maximum Gasteiger partial charge on any atom is 0.312 e. The maximum absolute atomic E-state index is 14.2. The molecule has 2 amide bonds. The minimum atomic E-state index is -1.17. The fourth-order valence-corrected chi connectivity index (χ4v) is 6.76. The Morgan fingerprint density at radius 3 is 2.57 bits per heavy atom. The minimum Gasteiger partial charge on any atom is -0.466 e. The number of nitrogens with zero attached hydrogens (tertiary/aromatic N) is 1. The Kier molecular flexibility index (Phi) is 6.99. The van der Waals surface area contributed by atoms with Crippen LogP contribution in [0.5, 0.6) is 0 Å². The van der Waals surface area contributed by atoms with Gasteiger partial charge in [0.1, 0.15) is 17.6 Å². The van der Waals surface area contributed by atoms with E-state index in [4.69, 9.17) is 9.47 Å². The van der Waals surface area contributed by atoms with Crippen LogP contribution in [0.3, 0.4) is 0 Å². The molecule has 1 aromatic rings. The van der Waals surface area contributed by atoms with Crippen LogP contribution < -0.4 is 5.32 Å². The van der Waals surface area contributed by atoms with Gasteiger partial charge in [-0.3, -0.25) is 14.4 Å². The minimum absolute atomic E-state index is 0.0615. The van der Waals surface area contributed by atoms with Gasteiger partial charge in [0.05, 0.1) is 30.8 Å². The molecule has 3 heterocycles. The summed E-state index contributed by atoms with van der Waals surface area (Å²) in [5.41, 5.74) is -1.35. The fraction of sp³-hybridized carbons (Fsp3) is 0.667.